The SMILES string of the molecule is [C]1N(c2ccccc2)C=CN1C(c1ccccc1)c1ccccn1.[Cl][Pd+].c1ccc([As](c2ccccc2)c2ccccc2)cc1. The van der Waals surface area contributed by atoms with Gasteiger partial charge in [0.2, 0.25) is 6.67 Å². The molecule has 0 saturated heterocycles. The van der Waals surface area contributed by atoms with Gasteiger partial charge in [-0.25, -0.2) is 0 Å². The van der Waals surface area contributed by atoms with E-state index < -0.39 is 14.7 Å². The number of aromatic nitrogens is 1. The van der Waals surface area contributed by atoms with Crippen molar-refractivity contribution in [2.75, 3.05) is 4.90 Å². The third-order valence-corrected chi connectivity index (χ3v) is 12.2. The van der Waals surface area contributed by atoms with Gasteiger partial charge in [-0.2, -0.15) is 0 Å². The first-order valence-corrected chi connectivity index (χ1v) is 19.3. The normalized spacial score (nSPS) is 12.5. The van der Waals surface area contributed by atoms with Crippen LogP contribution in [-0.4, -0.2) is 24.5 Å². The Morgan fingerprint density at radius 1 is 0.533 bits per heavy atom. The molecule has 0 N–H and O–H groups in total. The summed E-state index contributed by atoms with van der Waals surface area (Å²) < 4.78 is 4.44. The summed E-state index contributed by atoms with van der Waals surface area (Å²) in [6.07, 6.45) is 5.90. The van der Waals surface area contributed by atoms with Crippen LogP contribution in [0.15, 0.2) is 188 Å². The number of pyridine rings is 1. The Balaban J connectivity index is 0.000000173. The summed E-state index contributed by atoms with van der Waals surface area (Å²) in [7, 11) is 4.49. The van der Waals surface area contributed by atoms with Gasteiger partial charge in [0, 0.05) is 24.3 Å². The van der Waals surface area contributed by atoms with Crippen LogP contribution in [0.1, 0.15) is 17.3 Å². The van der Waals surface area contributed by atoms with Gasteiger partial charge in [0.05, 0.1) is 11.7 Å². The molecule has 0 spiro atoms. The first-order valence-electron chi connectivity index (χ1n) is 14.5. The average Bonchev–Trinajstić information content (AvgIpc) is 3.62. The van der Waals surface area contributed by atoms with Crippen molar-refractivity contribution in [3.63, 3.8) is 0 Å². The summed E-state index contributed by atoms with van der Waals surface area (Å²) in [6, 6.07) is 59.3. The van der Waals surface area contributed by atoms with E-state index >= 15 is 0 Å². The molecule has 2 radical (unpaired) electrons. The summed E-state index contributed by atoms with van der Waals surface area (Å²) in [5.74, 6) is 0. The summed E-state index contributed by atoms with van der Waals surface area (Å²) in [6.45, 7) is 3.42. The number of anilines is 1. The molecule has 0 bridgehead atoms. The molecule has 1 atom stereocenters. The maximum absolute atomic E-state index is 4.56. The number of benzene rings is 5. The van der Waals surface area contributed by atoms with Gasteiger partial charge in [0.15, 0.2) is 0 Å². The summed E-state index contributed by atoms with van der Waals surface area (Å²) in [4.78, 5) is 8.64. The van der Waals surface area contributed by atoms with Crippen molar-refractivity contribution in [3.8, 4) is 0 Å². The van der Waals surface area contributed by atoms with Gasteiger partial charge < -0.3 is 9.80 Å². The van der Waals surface area contributed by atoms with Crippen LogP contribution in [0.4, 0.5) is 5.69 Å². The van der Waals surface area contributed by atoms with Crippen LogP contribution in [0.3, 0.4) is 0 Å². The van der Waals surface area contributed by atoms with Crippen LogP contribution in [0.5, 0.6) is 0 Å². The zero-order valence-electron chi connectivity index (χ0n) is 24.5. The summed E-state index contributed by atoms with van der Waals surface area (Å²) >= 11 is 0.833. The van der Waals surface area contributed by atoms with E-state index in [-0.39, 0.29) is 6.04 Å². The topological polar surface area (TPSA) is 19.4 Å². The van der Waals surface area contributed by atoms with Crippen molar-refractivity contribution in [1.29, 1.82) is 0 Å². The quantitative estimate of drug-likeness (QED) is 0.159. The van der Waals surface area contributed by atoms with Gasteiger partial charge in [-0.3, -0.25) is 4.98 Å². The second-order valence-electron chi connectivity index (χ2n) is 9.92. The van der Waals surface area contributed by atoms with Crippen LogP contribution >= 0.6 is 9.53 Å². The van der Waals surface area contributed by atoms with E-state index in [9.17, 15) is 0 Å². The molecule has 0 aliphatic carbocycles. The Morgan fingerprint density at radius 3 is 1.44 bits per heavy atom. The van der Waals surface area contributed by atoms with Gasteiger partial charge in [0.1, 0.15) is 0 Å². The third-order valence-electron chi connectivity index (χ3n) is 7.04. The van der Waals surface area contributed by atoms with E-state index in [0.717, 1.165) is 11.4 Å². The second kappa shape index (κ2) is 17.6. The molecule has 2 heterocycles. The zero-order valence-corrected chi connectivity index (χ0v) is 28.6. The molecule has 6 aromatic rings. The fraction of sp³-hybridized carbons (Fsp3) is 0.0256. The number of nitrogens with zero attached hydrogens (tertiary/aromatic N) is 3. The number of hydrogen-bond donors (Lipinski definition) is 0. The van der Waals surface area contributed by atoms with E-state index in [1.54, 1.807) is 0 Å². The molecule has 1 aromatic heterocycles. The van der Waals surface area contributed by atoms with Crippen molar-refractivity contribution in [1.82, 2.24) is 9.88 Å². The number of rotatable bonds is 7. The molecular weight excluding hydrogens is 727 g/mol. The van der Waals surface area contributed by atoms with Gasteiger partial charge in [0.25, 0.3) is 0 Å². The standard InChI is InChI=1S/C21H17N3.C18H15As.ClH.Pd/c1-3-9-18(10-4-1)21(20-13-7-8-14-22-20)24-16-15-23(17-24)19-11-5-2-6-12-19;1-4-10-16(11-5-1)19(17-12-6-2-7-13-17)18-14-8-3-9-15-18;;/h1-16,21H;1-15H;1H;/q;;;+2/p-1. The van der Waals surface area contributed by atoms with Crippen molar-refractivity contribution in [2.45, 2.75) is 6.04 Å². The van der Waals surface area contributed by atoms with E-state index in [1.807, 2.05) is 59.9 Å². The van der Waals surface area contributed by atoms with Gasteiger partial charge in [-0.1, -0.05) is 54.6 Å². The van der Waals surface area contributed by atoms with Crippen molar-refractivity contribution in [2.24, 2.45) is 0 Å². The van der Waals surface area contributed by atoms with Crippen LogP contribution in [0.25, 0.3) is 0 Å². The van der Waals surface area contributed by atoms with E-state index in [4.69, 9.17) is 0 Å². The second-order valence-corrected chi connectivity index (χ2v) is 14.6. The molecule has 7 rings (SSSR count). The molecular formula is C39H32AsClN3Pd+. The molecule has 0 amide bonds. The van der Waals surface area contributed by atoms with Crippen molar-refractivity contribution < 1.29 is 18.2 Å². The van der Waals surface area contributed by atoms with Crippen molar-refractivity contribution >= 4 is 42.9 Å². The first-order chi connectivity index (χ1) is 22.4. The van der Waals surface area contributed by atoms with Gasteiger partial charge in [-0.15, -0.1) is 0 Å². The molecule has 6 heteroatoms. The molecule has 224 valence electrons. The third kappa shape index (κ3) is 8.85. The van der Waals surface area contributed by atoms with E-state index in [0.29, 0.717) is 0 Å². The Bertz CT molecular complexity index is 1560. The van der Waals surface area contributed by atoms with Gasteiger partial charge in [-0.05, 0) is 29.8 Å². The monoisotopic (exact) mass is 758 g/mol. The Labute approximate surface area is 286 Å². The molecule has 1 aliphatic rings. The average molecular weight is 760 g/mol. The molecule has 5 aromatic carbocycles. The van der Waals surface area contributed by atoms with Crippen molar-refractivity contribution in [3.05, 3.63) is 206 Å². The van der Waals surface area contributed by atoms with Crippen LogP contribution in [0, 0.1) is 6.67 Å². The molecule has 3 nitrogen and oxygen atoms in total. The molecule has 0 saturated carbocycles. The van der Waals surface area contributed by atoms with Crippen LogP contribution in [-0.2, 0) is 18.2 Å². The minimum atomic E-state index is -1.39. The van der Waals surface area contributed by atoms with E-state index in [2.05, 4.69) is 178 Å². The number of hydrogen-bond acceptors (Lipinski definition) is 3. The molecule has 45 heavy (non-hydrogen) atoms. The fourth-order valence-electron chi connectivity index (χ4n) is 5.03. The number of halogens is 1. The predicted octanol–water partition coefficient (Wildman–Crippen LogP) is 7.35. The predicted molar refractivity (Wildman–Crippen MR) is 185 cm³/mol. The zero-order chi connectivity index (χ0) is 31.1. The molecule has 1 aliphatic heterocycles. The summed E-state index contributed by atoms with van der Waals surface area (Å²) in [5, 5.41) is 0. The Hall–Kier alpha value is -3.90. The fourth-order valence-corrected chi connectivity index (χ4v) is 9.87. The van der Waals surface area contributed by atoms with Crippen LogP contribution < -0.4 is 18.0 Å². The minimum absolute atomic E-state index is 0.00244. The first kappa shape index (κ1) is 32.5. The Kier molecular flexibility index (Phi) is 12.7. The maximum atomic E-state index is 4.56. The molecule has 0 fully saturated rings. The van der Waals surface area contributed by atoms with E-state index in [1.165, 1.54) is 18.6 Å². The summed E-state index contributed by atoms with van der Waals surface area (Å²) in [5.41, 5.74) is 3.27. The van der Waals surface area contributed by atoms with Crippen LogP contribution in [0.2, 0.25) is 0 Å². The van der Waals surface area contributed by atoms with Gasteiger partial charge >= 0.3 is 146 Å². The number of para-hydroxylation sites is 1. The Morgan fingerprint density at radius 2 is 0.978 bits per heavy atom. The molecule has 1 unspecified atom stereocenters.